The van der Waals surface area contributed by atoms with Crippen LogP contribution in [0.4, 0.5) is 10.5 Å². The molecule has 2 aromatic carbocycles. The van der Waals surface area contributed by atoms with Crippen LogP contribution < -0.4 is 10.2 Å². The maximum Gasteiger partial charge on any atom is 0.409 e. The summed E-state index contributed by atoms with van der Waals surface area (Å²) in [5, 5.41) is 13.5. The number of Topliss-reactive ketones (excluding diaryl/α,β-unsaturated/α-hetero) is 1. The third-order valence-corrected chi connectivity index (χ3v) is 5.64. The molecule has 7 nitrogen and oxygen atoms in total. The first-order valence-electron chi connectivity index (χ1n) is 9.49. The number of nitrogens with zero attached hydrogens (tertiary/aromatic N) is 2. The molecule has 1 fully saturated rings. The van der Waals surface area contributed by atoms with Crippen LogP contribution in [-0.2, 0) is 4.79 Å². The number of piperazine rings is 1. The van der Waals surface area contributed by atoms with Crippen molar-refractivity contribution in [2.24, 2.45) is 0 Å². The first-order valence-corrected chi connectivity index (χ1v) is 9.49. The number of hydrogen-bond donors (Lipinski definition) is 2. The van der Waals surface area contributed by atoms with E-state index < -0.39 is 11.8 Å². The van der Waals surface area contributed by atoms with Crippen molar-refractivity contribution < 1.29 is 19.1 Å². The second-order valence-electron chi connectivity index (χ2n) is 7.22. The zero-order valence-electron chi connectivity index (χ0n) is 16.4. The smallest absolute Gasteiger partial charge is 0.409 e. The summed E-state index contributed by atoms with van der Waals surface area (Å²) in [6, 6.07) is 17.8. The topological polar surface area (TPSA) is 86.0 Å². The van der Waals surface area contributed by atoms with E-state index >= 15 is 0 Å². The van der Waals surface area contributed by atoms with Gasteiger partial charge in [-0.25, -0.2) is 4.79 Å². The Morgan fingerprint density at radius 1 is 1.10 bits per heavy atom. The molecule has 0 radical (unpaired) electrons. The van der Waals surface area contributed by atoms with Crippen molar-refractivity contribution in [2.75, 3.05) is 31.6 Å². The Hall–Kier alpha value is -3.32. The van der Waals surface area contributed by atoms with Crippen molar-refractivity contribution in [1.82, 2.24) is 10.2 Å². The van der Waals surface area contributed by atoms with Crippen LogP contribution in [0.15, 0.2) is 59.0 Å². The van der Waals surface area contributed by atoms with Crippen molar-refractivity contribution in [3.8, 4) is 11.3 Å². The third-order valence-electron chi connectivity index (χ3n) is 5.64. The summed E-state index contributed by atoms with van der Waals surface area (Å²) in [7, 11) is 1.62. The van der Waals surface area contributed by atoms with Crippen LogP contribution in [0.1, 0.15) is 6.92 Å². The Kier molecular flexibility index (Phi) is 4.76. The van der Waals surface area contributed by atoms with E-state index in [1.807, 2.05) is 59.5 Å². The van der Waals surface area contributed by atoms with Gasteiger partial charge in [-0.2, -0.15) is 0 Å². The van der Waals surface area contributed by atoms with Gasteiger partial charge < -0.3 is 14.4 Å². The molecule has 1 unspecified atom stereocenters. The summed E-state index contributed by atoms with van der Waals surface area (Å²) in [6.07, 6.45) is -1.10. The molecule has 2 N–H and O–H groups in total. The van der Waals surface area contributed by atoms with E-state index in [0.717, 1.165) is 28.0 Å². The van der Waals surface area contributed by atoms with Crippen LogP contribution in [0.2, 0.25) is 0 Å². The fourth-order valence-electron chi connectivity index (χ4n) is 3.98. The standard InChI is InChI=1S/C22H23N3O4/c1-15(26)22(23-2)14-24(11-12-25(22)21(27)28)18-9-7-16(8-10-18)20-13-17-5-3-4-6-19(17)29-20/h3-10,13,23H,11-12,14H2,1-2H3,(H,27,28). The molecule has 0 saturated carbocycles. The largest absolute Gasteiger partial charge is 0.465 e. The zero-order valence-corrected chi connectivity index (χ0v) is 16.4. The monoisotopic (exact) mass is 393 g/mol. The van der Waals surface area contributed by atoms with E-state index in [1.54, 1.807) is 7.05 Å². The molecule has 7 heteroatoms. The number of carboxylic acid groups (broad SMARTS) is 1. The van der Waals surface area contributed by atoms with Crippen LogP contribution in [0.3, 0.4) is 0 Å². The lowest BCUT2D eigenvalue weighted by Crippen LogP contribution is -2.73. The average molecular weight is 393 g/mol. The summed E-state index contributed by atoms with van der Waals surface area (Å²) in [4.78, 5) is 27.2. The Balaban J connectivity index is 1.60. The van der Waals surface area contributed by atoms with Crippen LogP contribution in [0.5, 0.6) is 0 Å². The number of carbonyl (C=O) groups is 2. The van der Waals surface area contributed by atoms with Crippen LogP contribution >= 0.6 is 0 Å². The Morgan fingerprint density at radius 3 is 2.45 bits per heavy atom. The highest BCUT2D eigenvalue weighted by atomic mass is 16.4. The predicted octanol–water partition coefficient (Wildman–Crippen LogP) is 3.40. The number of ketones is 1. The van der Waals surface area contributed by atoms with Crippen LogP contribution in [0.25, 0.3) is 22.3 Å². The van der Waals surface area contributed by atoms with Crippen molar-refractivity contribution in [3.05, 3.63) is 54.6 Å². The molecular weight excluding hydrogens is 370 g/mol. The number of carbonyl (C=O) groups excluding carboxylic acids is 1. The highest BCUT2D eigenvalue weighted by Crippen LogP contribution is 2.31. The molecule has 4 rings (SSSR count). The minimum Gasteiger partial charge on any atom is -0.465 e. The molecule has 0 spiro atoms. The van der Waals surface area contributed by atoms with Crippen molar-refractivity contribution >= 4 is 28.5 Å². The second-order valence-corrected chi connectivity index (χ2v) is 7.22. The van der Waals surface area contributed by atoms with Gasteiger partial charge in [0.05, 0.1) is 6.54 Å². The molecule has 0 bridgehead atoms. The normalized spacial score (nSPS) is 19.5. The molecule has 2 heterocycles. The van der Waals surface area contributed by atoms with Gasteiger partial charge in [-0.15, -0.1) is 0 Å². The summed E-state index contributed by atoms with van der Waals surface area (Å²) in [5.41, 5.74) is 1.47. The average Bonchev–Trinajstić information content (AvgIpc) is 3.17. The summed E-state index contributed by atoms with van der Waals surface area (Å²) in [6.45, 7) is 2.41. The second kappa shape index (κ2) is 7.25. The summed E-state index contributed by atoms with van der Waals surface area (Å²) >= 11 is 0. The summed E-state index contributed by atoms with van der Waals surface area (Å²) in [5.74, 6) is 0.563. The third kappa shape index (κ3) is 3.23. The van der Waals surface area contributed by atoms with E-state index in [-0.39, 0.29) is 18.9 Å². The predicted molar refractivity (Wildman–Crippen MR) is 111 cm³/mol. The number of nitrogens with one attached hydrogen (secondary N) is 1. The Labute approximate surface area is 168 Å². The minimum atomic E-state index is -1.26. The lowest BCUT2D eigenvalue weighted by molar-refractivity contribution is -0.130. The maximum absolute atomic E-state index is 12.4. The van der Waals surface area contributed by atoms with Gasteiger partial charge in [0.2, 0.25) is 0 Å². The van der Waals surface area contributed by atoms with Gasteiger partial charge in [0.15, 0.2) is 11.4 Å². The minimum absolute atomic E-state index is 0.231. The molecule has 1 aliphatic rings. The number of anilines is 1. The van der Waals surface area contributed by atoms with E-state index in [4.69, 9.17) is 4.42 Å². The van der Waals surface area contributed by atoms with E-state index in [0.29, 0.717) is 6.54 Å². The SMILES string of the molecule is CNC1(C(C)=O)CN(c2ccc(-c3cc4ccccc4o3)cc2)CCN1C(=O)O. The van der Waals surface area contributed by atoms with Gasteiger partial charge in [0.1, 0.15) is 11.3 Å². The quantitative estimate of drug-likeness (QED) is 0.707. The fraction of sp³-hybridized carbons (Fsp3) is 0.273. The van der Waals surface area contributed by atoms with Gasteiger partial charge in [-0.3, -0.25) is 15.0 Å². The van der Waals surface area contributed by atoms with E-state index in [1.165, 1.54) is 11.8 Å². The van der Waals surface area contributed by atoms with Gasteiger partial charge in [0, 0.05) is 29.7 Å². The lowest BCUT2D eigenvalue weighted by atomic mass is 9.99. The molecule has 0 aliphatic carbocycles. The van der Waals surface area contributed by atoms with Crippen LogP contribution in [0, 0.1) is 0 Å². The van der Waals surface area contributed by atoms with Gasteiger partial charge >= 0.3 is 6.09 Å². The number of para-hydroxylation sites is 1. The molecule has 1 aromatic heterocycles. The molecular formula is C22H23N3O4. The molecule has 1 aliphatic heterocycles. The van der Waals surface area contributed by atoms with Crippen molar-refractivity contribution in [1.29, 1.82) is 0 Å². The first-order chi connectivity index (χ1) is 13.9. The number of fused-ring (bicyclic) bond motifs is 1. The van der Waals surface area contributed by atoms with E-state index in [2.05, 4.69) is 5.32 Å². The molecule has 1 saturated heterocycles. The number of furan rings is 1. The molecule has 150 valence electrons. The van der Waals surface area contributed by atoms with Crippen LogP contribution in [-0.4, -0.2) is 54.2 Å². The molecule has 3 aromatic rings. The lowest BCUT2D eigenvalue weighted by Gasteiger charge is -2.48. The Morgan fingerprint density at radius 2 is 1.83 bits per heavy atom. The van der Waals surface area contributed by atoms with Gasteiger partial charge in [-0.05, 0) is 50.4 Å². The van der Waals surface area contributed by atoms with E-state index in [9.17, 15) is 14.7 Å². The number of benzene rings is 2. The number of rotatable bonds is 4. The molecule has 29 heavy (non-hydrogen) atoms. The number of amides is 1. The zero-order chi connectivity index (χ0) is 20.6. The van der Waals surface area contributed by atoms with Gasteiger partial charge in [-0.1, -0.05) is 18.2 Å². The number of hydrogen-bond acceptors (Lipinski definition) is 5. The molecule has 1 atom stereocenters. The highest BCUT2D eigenvalue weighted by molar-refractivity contribution is 5.90. The fourth-order valence-corrected chi connectivity index (χ4v) is 3.98. The van der Waals surface area contributed by atoms with Crippen molar-refractivity contribution in [3.63, 3.8) is 0 Å². The molecule has 1 amide bonds. The number of likely N-dealkylation sites (N-methyl/N-ethyl adjacent to an activating group) is 1. The van der Waals surface area contributed by atoms with Gasteiger partial charge in [0.25, 0.3) is 0 Å². The highest BCUT2D eigenvalue weighted by Gasteiger charge is 2.47. The maximum atomic E-state index is 12.4. The first kappa shape index (κ1) is 19.0. The summed E-state index contributed by atoms with van der Waals surface area (Å²) < 4.78 is 5.92. The van der Waals surface area contributed by atoms with Crippen molar-refractivity contribution in [2.45, 2.75) is 12.6 Å². The Bertz CT molecular complexity index is 1030.